The van der Waals surface area contributed by atoms with E-state index in [2.05, 4.69) is 10.6 Å². The van der Waals surface area contributed by atoms with Gasteiger partial charge >= 0.3 is 0 Å². The Morgan fingerprint density at radius 1 is 1.33 bits per heavy atom. The van der Waals surface area contributed by atoms with Crippen LogP contribution < -0.4 is 10.6 Å². The minimum atomic E-state index is -0.103. The van der Waals surface area contributed by atoms with Crippen molar-refractivity contribution in [3.8, 4) is 0 Å². The van der Waals surface area contributed by atoms with Gasteiger partial charge in [-0.05, 0) is 19.4 Å². The van der Waals surface area contributed by atoms with Crippen molar-refractivity contribution in [2.45, 2.75) is 19.8 Å². The molecule has 1 aliphatic heterocycles. The lowest BCUT2D eigenvalue weighted by atomic mass is 10.00. The standard InChI is InChI=1S/C12H21N3O3/c1-10(17)13-4-5-14-12(18)8-15-6-2-3-11(7-15)9-16/h9,11H,2-8H2,1H3,(H,13,17)(H,14,18). The fourth-order valence-electron chi connectivity index (χ4n) is 2.05. The first-order chi connectivity index (χ1) is 8.61. The summed E-state index contributed by atoms with van der Waals surface area (Å²) >= 11 is 0. The summed E-state index contributed by atoms with van der Waals surface area (Å²) in [5.74, 6) is -0.105. The molecule has 0 spiro atoms. The van der Waals surface area contributed by atoms with E-state index < -0.39 is 0 Å². The molecule has 0 aromatic carbocycles. The lowest BCUT2D eigenvalue weighted by molar-refractivity contribution is -0.124. The second-order valence-electron chi connectivity index (χ2n) is 4.61. The van der Waals surface area contributed by atoms with Crippen molar-refractivity contribution in [1.82, 2.24) is 15.5 Å². The summed E-state index contributed by atoms with van der Waals surface area (Å²) in [6.45, 7) is 4.17. The van der Waals surface area contributed by atoms with Gasteiger partial charge in [-0.15, -0.1) is 0 Å². The molecule has 1 saturated heterocycles. The molecule has 1 fully saturated rings. The quantitative estimate of drug-likeness (QED) is 0.479. The molecule has 2 N–H and O–H groups in total. The number of likely N-dealkylation sites (tertiary alicyclic amines) is 1. The van der Waals surface area contributed by atoms with E-state index in [4.69, 9.17) is 0 Å². The Bertz CT molecular complexity index is 307. The minimum absolute atomic E-state index is 0.0610. The Morgan fingerprint density at radius 3 is 2.72 bits per heavy atom. The van der Waals surface area contributed by atoms with Gasteiger partial charge in [-0.25, -0.2) is 0 Å². The number of aldehydes is 1. The van der Waals surface area contributed by atoms with Crippen LogP contribution in [0.1, 0.15) is 19.8 Å². The van der Waals surface area contributed by atoms with Gasteiger partial charge in [0.15, 0.2) is 0 Å². The summed E-state index contributed by atoms with van der Waals surface area (Å²) < 4.78 is 0. The highest BCUT2D eigenvalue weighted by Crippen LogP contribution is 2.13. The number of carbonyl (C=O) groups excluding carboxylic acids is 3. The molecule has 0 radical (unpaired) electrons. The zero-order valence-electron chi connectivity index (χ0n) is 10.8. The Hall–Kier alpha value is -1.43. The van der Waals surface area contributed by atoms with E-state index in [-0.39, 0.29) is 17.7 Å². The zero-order chi connectivity index (χ0) is 13.4. The van der Waals surface area contributed by atoms with Crippen molar-refractivity contribution in [2.24, 2.45) is 5.92 Å². The predicted molar refractivity (Wildman–Crippen MR) is 66.9 cm³/mol. The number of nitrogens with zero attached hydrogens (tertiary/aromatic N) is 1. The van der Waals surface area contributed by atoms with E-state index in [0.717, 1.165) is 25.7 Å². The van der Waals surface area contributed by atoms with Gasteiger partial charge in [0.2, 0.25) is 11.8 Å². The highest BCUT2D eigenvalue weighted by Gasteiger charge is 2.20. The molecule has 1 atom stereocenters. The lowest BCUT2D eigenvalue weighted by Crippen LogP contribution is -2.44. The van der Waals surface area contributed by atoms with Crippen LogP contribution in [0.4, 0.5) is 0 Å². The van der Waals surface area contributed by atoms with E-state index in [1.54, 1.807) is 0 Å². The maximum absolute atomic E-state index is 11.6. The first kappa shape index (κ1) is 14.6. The van der Waals surface area contributed by atoms with Gasteiger partial charge in [0, 0.05) is 32.5 Å². The molecule has 0 saturated carbocycles. The summed E-state index contributed by atoms with van der Waals surface area (Å²) in [6, 6.07) is 0. The number of carbonyl (C=O) groups is 3. The number of piperidine rings is 1. The number of rotatable bonds is 6. The van der Waals surface area contributed by atoms with E-state index in [9.17, 15) is 14.4 Å². The first-order valence-electron chi connectivity index (χ1n) is 6.30. The third-order valence-electron chi connectivity index (χ3n) is 2.92. The van der Waals surface area contributed by atoms with E-state index in [0.29, 0.717) is 26.2 Å². The van der Waals surface area contributed by atoms with Crippen molar-refractivity contribution in [3.63, 3.8) is 0 Å². The van der Waals surface area contributed by atoms with E-state index >= 15 is 0 Å². The van der Waals surface area contributed by atoms with Crippen LogP contribution in [0.2, 0.25) is 0 Å². The number of nitrogens with one attached hydrogen (secondary N) is 2. The molecule has 1 heterocycles. The first-order valence-corrected chi connectivity index (χ1v) is 6.30. The Morgan fingerprint density at radius 2 is 2.06 bits per heavy atom. The van der Waals surface area contributed by atoms with Gasteiger partial charge in [0.05, 0.1) is 6.54 Å². The van der Waals surface area contributed by atoms with Crippen molar-refractivity contribution >= 4 is 18.1 Å². The molecular weight excluding hydrogens is 234 g/mol. The van der Waals surface area contributed by atoms with Crippen LogP contribution in [-0.2, 0) is 14.4 Å². The monoisotopic (exact) mass is 255 g/mol. The average molecular weight is 255 g/mol. The van der Waals surface area contributed by atoms with Crippen LogP contribution in [-0.4, -0.2) is 55.7 Å². The SMILES string of the molecule is CC(=O)NCCNC(=O)CN1CCCC(C=O)C1. The van der Waals surface area contributed by atoms with Gasteiger partial charge < -0.3 is 15.4 Å². The highest BCUT2D eigenvalue weighted by atomic mass is 16.2. The third-order valence-corrected chi connectivity index (χ3v) is 2.92. The van der Waals surface area contributed by atoms with Gasteiger partial charge in [0.1, 0.15) is 6.29 Å². The van der Waals surface area contributed by atoms with Gasteiger partial charge in [-0.2, -0.15) is 0 Å². The van der Waals surface area contributed by atoms with Gasteiger partial charge in [-0.3, -0.25) is 14.5 Å². The molecule has 0 aromatic rings. The molecule has 1 unspecified atom stereocenters. The Kier molecular flexibility index (Phi) is 6.35. The summed E-state index contributed by atoms with van der Waals surface area (Å²) in [5, 5.41) is 5.34. The van der Waals surface area contributed by atoms with E-state index in [1.807, 2.05) is 4.90 Å². The van der Waals surface area contributed by atoms with Crippen LogP contribution in [0.25, 0.3) is 0 Å². The van der Waals surface area contributed by atoms with Crippen LogP contribution in [0.5, 0.6) is 0 Å². The van der Waals surface area contributed by atoms with E-state index in [1.165, 1.54) is 6.92 Å². The van der Waals surface area contributed by atoms with Crippen molar-refractivity contribution < 1.29 is 14.4 Å². The van der Waals surface area contributed by atoms with Crippen molar-refractivity contribution in [3.05, 3.63) is 0 Å². The Labute approximate surface area is 107 Å². The summed E-state index contributed by atoms with van der Waals surface area (Å²) in [4.78, 5) is 34.9. The van der Waals surface area contributed by atoms with Crippen LogP contribution in [0, 0.1) is 5.92 Å². The topological polar surface area (TPSA) is 78.5 Å². The molecular formula is C12H21N3O3. The van der Waals surface area contributed by atoms with Crippen molar-refractivity contribution in [2.75, 3.05) is 32.7 Å². The summed E-state index contributed by atoms with van der Waals surface area (Å²) in [7, 11) is 0. The minimum Gasteiger partial charge on any atom is -0.355 e. The Balaban J connectivity index is 2.15. The fourth-order valence-corrected chi connectivity index (χ4v) is 2.05. The normalized spacial score (nSPS) is 20.2. The molecule has 6 nitrogen and oxygen atoms in total. The molecule has 18 heavy (non-hydrogen) atoms. The van der Waals surface area contributed by atoms with Crippen LogP contribution in [0.15, 0.2) is 0 Å². The number of hydrogen-bond donors (Lipinski definition) is 2. The van der Waals surface area contributed by atoms with Crippen molar-refractivity contribution in [1.29, 1.82) is 0 Å². The maximum Gasteiger partial charge on any atom is 0.234 e. The predicted octanol–water partition coefficient (Wildman–Crippen LogP) is -0.850. The van der Waals surface area contributed by atoms with Gasteiger partial charge in [-0.1, -0.05) is 0 Å². The number of hydrogen-bond acceptors (Lipinski definition) is 4. The summed E-state index contributed by atoms with van der Waals surface area (Å²) in [5.41, 5.74) is 0. The van der Waals surface area contributed by atoms with Crippen LogP contribution in [0.3, 0.4) is 0 Å². The second kappa shape index (κ2) is 7.81. The molecule has 2 amide bonds. The average Bonchev–Trinajstić information content (AvgIpc) is 2.34. The molecule has 0 bridgehead atoms. The maximum atomic E-state index is 11.6. The highest BCUT2D eigenvalue weighted by molar-refractivity contribution is 5.78. The third kappa shape index (κ3) is 5.77. The van der Waals surface area contributed by atoms with Crippen LogP contribution >= 0.6 is 0 Å². The van der Waals surface area contributed by atoms with Gasteiger partial charge in [0.25, 0.3) is 0 Å². The molecule has 0 aromatic heterocycles. The molecule has 0 aliphatic carbocycles. The fraction of sp³-hybridized carbons (Fsp3) is 0.750. The number of amides is 2. The molecule has 102 valence electrons. The largest absolute Gasteiger partial charge is 0.355 e. The second-order valence-corrected chi connectivity index (χ2v) is 4.61. The molecule has 6 heteroatoms. The molecule has 1 rings (SSSR count). The lowest BCUT2D eigenvalue weighted by Gasteiger charge is -2.29. The smallest absolute Gasteiger partial charge is 0.234 e. The molecule has 1 aliphatic rings. The zero-order valence-corrected chi connectivity index (χ0v) is 10.8. The summed E-state index contributed by atoms with van der Waals surface area (Å²) in [6.07, 6.45) is 2.85.